The van der Waals surface area contributed by atoms with Gasteiger partial charge in [-0.25, -0.2) is 15.0 Å². The number of aromatic amines is 1. The van der Waals surface area contributed by atoms with Gasteiger partial charge in [0.05, 0.1) is 44.4 Å². The number of carbonyl (C=O) groups excluding carboxylic acids is 2. The molecule has 3 aromatic carbocycles. The molecule has 0 unspecified atom stereocenters. The maximum atomic E-state index is 12.0. The van der Waals surface area contributed by atoms with Crippen molar-refractivity contribution in [3.05, 3.63) is 146 Å². The van der Waals surface area contributed by atoms with Crippen LogP contribution >= 0.6 is 0 Å². The van der Waals surface area contributed by atoms with E-state index in [4.69, 9.17) is 23.7 Å². The third-order valence-corrected chi connectivity index (χ3v) is 10.2. The van der Waals surface area contributed by atoms with Crippen LogP contribution in [0, 0.1) is 0 Å². The first-order valence-corrected chi connectivity index (χ1v) is 22.1. The second-order valence-corrected chi connectivity index (χ2v) is 14.7. The van der Waals surface area contributed by atoms with Gasteiger partial charge in [-0.2, -0.15) is 0 Å². The average Bonchev–Trinajstić information content (AvgIpc) is 4.07. The summed E-state index contributed by atoms with van der Waals surface area (Å²) in [5, 5.41) is 2.12. The van der Waals surface area contributed by atoms with Crippen LogP contribution in [0.3, 0.4) is 0 Å². The molecule has 0 fully saturated rings. The Morgan fingerprint density at radius 1 is 0.552 bits per heavy atom. The number of hydrogen-bond donors (Lipinski definition) is 1. The number of carbonyl (C=O) groups is 2. The molecule has 0 atom stereocenters. The lowest BCUT2D eigenvalue weighted by atomic mass is 10.1. The molecule has 2 aliphatic heterocycles. The molecule has 346 valence electrons. The molecule has 0 saturated heterocycles. The minimum Gasteiger partial charge on any atom is -0.494 e. The number of benzene rings is 3. The third kappa shape index (κ3) is 12.5. The second-order valence-electron chi connectivity index (χ2n) is 14.7. The molecule has 13 nitrogen and oxygen atoms in total. The number of esters is 2. The summed E-state index contributed by atoms with van der Waals surface area (Å²) in [6.07, 6.45) is 5.36. The highest BCUT2D eigenvalue weighted by atomic mass is 16.5. The molecule has 6 heterocycles. The highest BCUT2D eigenvalue weighted by Crippen LogP contribution is 2.31. The maximum absolute atomic E-state index is 12.0. The van der Waals surface area contributed by atoms with Crippen LogP contribution in [-0.2, 0) is 32.2 Å². The lowest BCUT2D eigenvalue weighted by Crippen LogP contribution is -2.15. The molecule has 0 aliphatic carbocycles. The molecule has 9 rings (SSSR count). The van der Waals surface area contributed by atoms with Gasteiger partial charge in [0.15, 0.2) is 0 Å². The van der Waals surface area contributed by atoms with Crippen molar-refractivity contribution in [2.24, 2.45) is 0 Å². The molecule has 1 N–H and O–H groups in total. The Bertz CT molecular complexity index is 2890. The zero-order valence-electron chi connectivity index (χ0n) is 37.9. The van der Waals surface area contributed by atoms with Gasteiger partial charge in [0, 0.05) is 46.2 Å². The summed E-state index contributed by atoms with van der Waals surface area (Å²) in [5.74, 6) is 2.81. The fourth-order valence-electron chi connectivity index (χ4n) is 7.33. The molecule has 0 amide bonds. The van der Waals surface area contributed by atoms with E-state index >= 15 is 0 Å². The van der Waals surface area contributed by atoms with Crippen LogP contribution in [0.4, 0.5) is 0 Å². The fourth-order valence-corrected chi connectivity index (χ4v) is 7.33. The highest BCUT2D eigenvalue weighted by Gasteiger charge is 2.17. The number of hydrogen-bond acceptors (Lipinski definition) is 10. The van der Waals surface area contributed by atoms with Gasteiger partial charge in [0.1, 0.15) is 47.5 Å². The summed E-state index contributed by atoms with van der Waals surface area (Å²) >= 11 is 0. The van der Waals surface area contributed by atoms with Crippen molar-refractivity contribution in [3.8, 4) is 62.4 Å². The van der Waals surface area contributed by atoms with E-state index in [9.17, 15) is 9.59 Å². The number of ether oxygens (including phenoxy) is 5. The molecule has 0 saturated carbocycles. The van der Waals surface area contributed by atoms with E-state index in [1.54, 1.807) is 26.2 Å². The molecule has 4 aromatic heterocycles. The van der Waals surface area contributed by atoms with Crippen molar-refractivity contribution in [2.45, 2.75) is 55.1 Å². The van der Waals surface area contributed by atoms with Crippen LogP contribution in [0.2, 0.25) is 0 Å². The molecule has 13 heteroatoms. The van der Waals surface area contributed by atoms with Crippen LogP contribution in [0.15, 0.2) is 146 Å². The molecular weight excluding hydrogens is 845 g/mol. The molecule has 7 aromatic rings. The molecular formula is C54H58N6O7. The monoisotopic (exact) mass is 902 g/mol. The lowest BCUT2D eigenvalue weighted by molar-refractivity contribution is -0.144. The van der Waals surface area contributed by atoms with E-state index in [2.05, 4.69) is 44.2 Å². The smallest absolute Gasteiger partial charge is 0.326 e. The number of nitrogens with one attached hydrogen (secondary N) is 1. The van der Waals surface area contributed by atoms with E-state index < -0.39 is 0 Å². The van der Waals surface area contributed by atoms with Gasteiger partial charge in [-0.1, -0.05) is 7.43 Å². The summed E-state index contributed by atoms with van der Waals surface area (Å²) in [4.78, 5) is 40.4. The van der Waals surface area contributed by atoms with Crippen LogP contribution in [0.1, 0.15) is 42.0 Å². The van der Waals surface area contributed by atoms with Crippen LogP contribution in [0.5, 0.6) is 17.2 Å². The van der Waals surface area contributed by atoms with E-state index in [0.717, 1.165) is 84.5 Å². The molecule has 0 bridgehead atoms. The zero-order chi connectivity index (χ0) is 46.3. The van der Waals surface area contributed by atoms with E-state index in [0.29, 0.717) is 33.0 Å². The van der Waals surface area contributed by atoms with Crippen molar-refractivity contribution < 1.29 is 33.3 Å². The van der Waals surface area contributed by atoms with Crippen molar-refractivity contribution >= 4 is 34.0 Å². The lowest BCUT2D eigenvalue weighted by Gasteiger charge is -2.10. The van der Waals surface area contributed by atoms with Gasteiger partial charge in [0.2, 0.25) is 0 Å². The fraction of sp³-hybridized carbons (Fsp3) is 0.241. The van der Waals surface area contributed by atoms with Crippen molar-refractivity contribution in [1.29, 1.82) is 0 Å². The van der Waals surface area contributed by atoms with E-state index in [-0.39, 0.29) is 32.5 Å². The number of H-pyrrole nitrogens is 1. The Balaban J connectivity index is 0.000000166. The Hall–Kier alpha value is -7.93. The quantitative estimate of drug-likeness (QED) is 0.0987. The largest absolute Gasteiger partial charge is 0.494 e. The Morgan fingerprint density at radius 2 is 1.10 bits per heavy atom. The number of aromatic nitrogens is 6. The molecule has 0 radical (unpaired) electrons. The van der Waals surface area contributed by atoms with Crippen molar-refractivity contribution in [2.75, 3.05) is 33.0 Å². The number of fused-ring (bicyclic) bond motifs is 3. The Morgan fingerprint density at radius 3 is 1.69 bits per heavy atom. The zero-order valence-corrected chi connectivity index (χ0v) is 37.9. The first-order chi connectivity index (χ1) is 32.3. The SMILES string of the molecule is C.CCOC(=O)Cn1c(-c2ccc(OCC)cc2)cc2cccnc21.CCOC(=O)Cn1cccc2cc(-c3ccc(OCC)cc3)nc1-2.CCOc1ccc(-c2cc3cccnc3[nH]2)cc1. The van der Waals surface area contributed by atoms with E-state index in [1.807, 2.05) is 139 Å². The Labute approximate surface area is 391 Å². The van der Waals surface area contributed by atoms with E-state index in [1.165, 1.54) is 0 Å². The summed E-state index contributed by atoms with van der Waals surface area (Å²) < 4.78 is 30.2. The van der Waals surface area contributed by atoms with Gasteiger partial charge < -0.3 is 37.8 Å². The predicted molar refractivity (Wildman–Crippen MR) is 264 cm³/mol. The number of rotatable bonds is 15. The van der Waals surface area contributed by atoms with Gasteiger partial charge in [-0.05, 0) is 173 Å². The second kappa shape index (κ2) is 23.8. The van der Waals surface area contributed by atoms with Gasteiger partial charge in [-0.15, -0.1) is 0 Å². The molecule has 0 spiro atoms. The molecule has 2 aliphatic rings. The average molecular weight is 903 g/mol. The van der Waals surface area contributed by atoms with Gasteiger partial charge in [0.25, 0.3) is 0 Å². The summed E-state index contributed by atoms with van der Waals surface area (Å²) in [6.45, 7) is 12.5. The molecule has 67 heavy (non-hydrogen) atoms. The summed E-state index contributed by atoms with van der Waals surface area (Å²) in [6, 6.07) is 41.7. The predicted octanol–water partition coefficient (Wildman–Crippen LogP) is 11.5. The minimum absolute atomic E-state index is 0. The topological polar surface area (TPSA) is 145 Å². The van der Waals surface area contributed by atoms with Gasteiger partial charge >= 0.3 is 11.9 Å². The minimum atomic E-state index is -0.271. The summed E-state index contributed by atoms with van der Waals surface area (Å²) in [5.41, 5.74) is 8.71. The van der Waals surface area contributed by atoms with Crippen LogP contribution in [-0.4, -0.2) is 74.0 Å². The number of nitrogens with zero attached hydrogens (tertiary/aromatic N) is 5. The van der Waals surface area contributed by atoms with Crippen molar-refractivity contribution in [1.82, 2.24) is 29.1 Å². The van der Waals surface area contributed by atoms with Crippen molar-refractivity contribution in [3.63, 3.8) is 0 Å². The number of pyridine rings is 3. The normalized spacial score (nSPS) is 10.6. The first kappa shape index (κ1) is 48.5. The van der Waals surface area contributed by atoms with Gasteiger partial charge in [-0.3, -0.25) is 9.59 Å². The summed E-state index contributed by atoms with van der Waals surface area (Å²) in [7, 11) is 0. The highest BCUT2D eigenvalue weighted by molar-refractivity contribution is 5.86. The standard InChI is InChI=1S/2C19H20N2O3.C15H14N2O.CH4/c1-3-23-16-9-7-14(8-10-16)17-12-15-6-5-11-21(19(15)20-17)13-18(22)24-4-2;1-3-23-16-9-7-14(8-10-16)17-12-15-6-5-11-20-19(15)21(17)13-18(22)24-4-2;1-2-18-13-7-5-11(6-8-13)14-10-12-4-3-9-16-15(12)17-14;/h2*5-12H,3-4,13H2,1-2H3;3-10H,2H2,1H3,(H,16,17);1H4. The third-order valence-electron chi connectivity index (χ3n) is 10.2. The van der Waals surface area contributed by atoms with Crippen LogP contribution < -0.4 is 14.2 Å². The first-order valence-electron chi connectivity index (χ1n) is 22.1. The maximum Gasteiger partial charge on any atom is 0.326 e. The Kier molecular flexibility index (Phi) is 17.3. The van der Waals surface area contributed by atoms with Crippen LogP contribution in [0.25, 0.3) is 67.2 Å².